The largest absolute Gasteiger partial charge is 0.253 e. The van der Waals surface area contributed by atoms with Crippen molar-refractivity contribution in [1.29, 1.82) is 0 Å². The number of benzene rings is 1. The highest BCUT2D eigenvalue weighted by atomic mass is 35.5. The maximum absolute atomic E-state index is 5.98. The molecule has 2 aromatic rings. The smallest absolute Gasteiger partial charge is 0.0712 e. The maximum Gasteiger partial charge on any atom is 0.0712 e. The van der Waals surface area contributed by atoms with Gasteiger partial charge in [0.1, 0.15) is 0 Å². The van der Waals surface area contributed by atoms with Crippen LogP contribution in [0.1, 0.15) is 18.2 Å². The Hall–Kier alpha value is -1.34. The molecule has 0 radical (unpaired) electrons. The van der Waals surface area contributed by atoms with Crippen LogP contribution in [-0.4, -0.2) is 4.98 Å². The van der Waals surface area contributed by atoms with Gasteiger partial charge in [-0.05, 0) is 43.7 Å². The number of pyridine rings is 1. The highest BCUT2D eigenvalue weighted by molar-refractivity contribution is 6.31. The lowest BCUT2D eigenvalue weighted by Crippen LogP contribution is -1.89. The van der Waals surface area contributed by atoms with E-state index in [1.807, 2.05) is 38.1 Å². The monoisotopic (exact) mass is 217 g/mol. The summed E-state index contributed by atoms with van der Waals surface area (Å²) < 4.78 is 0. The summed E-state index contributed by atoms with van der Waals surface area (Å²) in [6.45, 7) is 7.96. The standard InChI is InChI=1S/C13H12ClN/c1-8(2)11-6-9(3)15-13-5-4-10(14)7-12(11)13/h4-7H,1H2,2-3H3. The molecule has 1 heterocycles. The van der Waals surface area contributed by atoms with Crippen molar-refractivity contribution < 1.29 is 0 Å². The molecule has 0 fully saturated rings. The van der Waals surface area contributed by atoms with Crippen LogP contribution in [0.2, 0.25) is 5.02 Å². The summed E-state index contributed by atoms with van der Waals surface area (Å²) in [5.41, 5.74) is 4.13. The van der Waals surface area contributed by atoms with Crippen LogP contribution in [0.3, 0.4) is 0 Å². The van der Waals surface area contributed by atoms with Crippen LogP contribution < -0.4 is 0 Å². The van der Waals surface area contributed by atoms with Crippen molar-refractivity contribution >= 4 is 28.1 Å². The van der Waals surface area contributed by atoms with E-state index in [0.717, 1.165) is 32.8 Å². The number of fused-ring (bicyclic) bond motifs is 1. The second kappa shape index (κ2) is 3.67. The fraction of sp³-hybridized carbons (Fsp3) is 0.154. The van der Waals surface area contributed by atoms with Gasteiger partial charge in [0.05, 0.1) is 5.52 Å². The van der Waals surface area contributed by atoms with Gasteiger partial charge in [-0.1, -0.05) is 23.8 Å². The van der Waals surface area contributed by atoms with Crippen molar-refractivity contribution in [2.24, 2.45) is 0 Å². The molecule has 1 nitrogen and oxygen atoms in total. The lowest BCUT2D eigenvalue weighted by Gasteiger charge is -2.07. The number of aryl methyl sites for hydroxylation is 1. The first-order chi connectivity index (χ1) is 7.08. The number of aromatic nitrogens is 1. The van der Waals surface area contributed by atoms with Gasteiger partial charge in [-0.25, -0.2) is 0 Å². The zero-order valence-corrected chi connectivity index (χ0v) is 9.60. The van der Waals surface area contributed by atoms with Crippen LogP contribution in [0.25, 0.3) is 16.5 Å². The summed E-state index contributed by atoms with van der Waals surface area (Å²) >= 11 is 5.98. The molecule has 0 aliphatic rings. The van der Waals surface area contributed by atoms with Gasteiger partial charge in [-0.3, -0.25) is 4.98 Å². The Morgan fingerprint density at radius 2 is 2.07 bits per heavy atom. The van der Waals surface area contributed by atoms with Crippen molar-refractivity contribution in [2.75, 3.05) is 0 Å². The number of rotatable bonds is 1. The summed E-state index contributed by atoms with van der Waals surface area (Å²) in [6.07, 6.45) is 0. The molecule has 76 valence electrons. The molecule has 2 rings (SSSR count). The molecular formula is C13H12ClN. The van der Waals surface area contributed by atoms with E-state index in [9.17, 15) is 0 Å². The second-order valence-electron chi connectivity index (χ2n) is 3.75. The van der Waals surface area contributed by atoms with E-state index in [2.05, 4.69) is 11.6 Å². The van der Waals surface area contributed by atoms with Crippen LogP contribution in [0.5, 0.6) is 0 Å². The third-order valence-electron chi connectivity index (χ3n) is 2.36. The van der Waals surface area contributed by atoms with Crippen molar-refractivity contribution in [3.8, 4) is 0 Å². The van der Waals surface area contributed by atoms with Crippen LogP contribution >= 0.6 is 11.6 Å². The number of halogens is 1. The number of allylic oxidation sites excluding steroid dienone is 1. The molecule has 0 N–H and O–H groups in total. The predicted molar refractivity (Wildman–Crippen MR) is 66.2 cm³/mol. The van der Waals surface area contributed by atoms with Crippen molar-refractivity contribution in [2.45, 2.75) is 13.8 Å². The van der Waals surface area contributed by atoms with Gasteiger partial charge in [0.15, 0.2) is 0 Å². The van der Waals surface area contributed by atoms with Gasteiger partial charge in [-0.2, -0.15) is 0 Å². The summed E-state index contributed by atoms with van der Waals surface area (Å²) in [7, 11) is 0. The van der Waals surface area contributed by atoms with Gasteiger partial charge >= 0.3 is 0 Å². The Labute approximate surface area is 94.4 Å². The van der Waals surface area contributed by atoms with Gasteiger partial charge in [0, 0.05) is 16.1 Å². The van der Waals surface area contributed by atoms with Gasteiger partial charge in [0.25, 0.3) is 0 Å². The fourth-order valence-corrected chi connectivity index (χ4v) is 1.86. The molecule has 15 heavy (non-hydrogen) atoms. The Morgan fingerprint density at radius 1 is 1.33 bits per heavy atom. The molecule has 0 saturated carbocycles. The van der Waals surface area contributed by atoms with Crippen LogP contribution in [0.15, 0.2) is 30.8 Å². The molecule has 0 aliphatic carbocycles. The summed E-state index contributed by atoms with van der Waals surface area (Å²) in [5, 5.41) is 1.80. The molecule has 0 unspecified atom stereocenters. The first-order valence-corrected chi connectivity index (χ1v) is 5.18. The summed E-state index contributed by atoms with van der Waals surface area (Å²) in [5.74, 6) is 0. The molecule has 0 saturated heterocycles. The normalized spacial score (nSPS) is 10.6. The topological polar surface area (TPSA) is 12.9 Å². The van der Waals surface area contributed by atoms with E-state index in [4.69, 9.17) is 11.6 Å². The molecule has 0 atom stereocenters. The van der Waals surface area contributed by atoms with Crippen LogP contribution in [0.4, 0.5) is 0 Å². The van der Waals surface area contributed by atoms with Gasteiger partial charge < -0.3 is 0 Å². The molecule has 0 spiro atoms. The third-order valence-corrected chi connectivity index (χ3v) is 2.59. The minimum atomic E-state index is 0.732. The van der Waals surface area contributed by atoms with Crippen molar-refractivity contribution in [1.82, 2.24) is 4.98 Å². The Morgan fingerprint density at radius 3 is 2.73 bits per heavy atom. The molecule has 0 amide bonds. The first-order valence-electron chi connectivity index (χ1n) is 4.81. The number of nitrogens with zero attached hydrogens (tertiary/aromatic N) is 1. The van der Waals surface area contributed by atoms with E-state index >= 15 is 0 Å². The van der Waals surface area contributed by atoms with E-state index in [1.165, 1.54) is 0 Å². The Kier molecular flexibility index (Phi) is 2.49. The summed E-state index contributed by atoms with van der Waals surface area (Å²) in [6, 6.07) is 7.78. The maximum atomic E-state index is 5.98. The summed E-state index contributed by atoms with van der Waals surface area (Å²) in [4.78, 5) is 4.46. The van der Waals surface area contributed by atoms with Gasteiger partial charge in [-0.15, -0.1) is 0 Å². The average molecular weight is 218 g/mol. The molecule has 0 aliphatic heterocycles. The predicted octanol–water partition coefficient (Wildman–Crippen LogP) is 4.23. The van der Waals surface area contributed by atoms with Crippen molar-refractivity contribution in [3.63, 3.8) is 0 Å². The fourth-order valence-electron chi connectivity index (χ4n) is 1.68. The minimum absolute atomic E-state index is 0.732. The molecule has 1 aromatic heterocycles. The first kappa shape index (κ1) is 10.2. The highest BCUT2D eigenvalue weighted by Crippen LogP contribution is 2.26. The lowest BCUT2D eigenvalue weighted by atomic mass is 10.0. The van der Waals surface area contributed by atoms with E-state index in [-0.39, 0.29) is 0 Å². The molecule has 1 aromatic carbocycles. The Balaban J connectivity index is 2.87. The van der Waals surface area contributed by atoms with E-state index < -0.39 is 0 Å². The Bertz CT molecular complexity index is 543. The zero-order chi connectivity index (χ0) is 11.0. The van der Waals surface area contributed by atoms with E-state index in [1.54, 1.807) is 0 Å². The average Bonchev–Trinajstić information content (AvgIpc) is 2.17. The number of hydrogen-bond donors (Lipinski definition) is 0. The minimum Gasteiger partial charge on any atom is -0.253 e. The molecular weight excluding hydrogens is 206 g/mol. The highest BCUT2D eigenvalue weighted by Gasteiger charge is 2.04. The molecule has 0 bridgehead atoms. The number of hydrogen-bond acceptors (Lipinski definition) is 1. The van der Waals surface area contributed by atoms with Crippen LogP contribution in [0, 0.1) is 6.92 Å². The lowest BCUT2D eigenvalue weighted by molar-refractivity contribution is 1.25. The van der Waals surface area contributed by atoms with Gasteiger partial charge in [0.2, 0.25) is 0 Å². The quantitative estimate of drug-likeness (QED) is 0.697. The SMILES string of the molecule is C=C(C)c1cc(C)nc2ccc(Cl)cc12. The molecule has 2 heteroatoms. The zero-order valence-electron chi connectivity index (χ0n) is 8.84. The second-order valence-corrected chi connectivity index (χ2v) is 4.19. The van der Waals surface area contributed by atoms with Crippen LogP contribution in [-0.2, 0) is 0 Å². The van der Waals surface area contributed by atoms with Crippen molar-refractivity contribution in [3.05, 3.63) is 47.1 Å². The van der Waals surface area contributed by atoms with E-state index in [0.29, 0.717) is 0 Å². The third kappa shape index (κ3) is 1.88.